The summed E-state index contributed by atoms with van der Waals surface area (Å²) >= 11 is 0. The van der Waals surface area contributed by atoms with Crippen LogP contribution in [0.4, 0.5) is 19.0 Å². The van der Waals surface area contributed by atoms with Crippen LogP contribution in [0.3, 0.4) is 0 Å². The van der Waals surface area contributed by atoms with Gasteiger partial charge in [0.15, 0.2) is 0 Å². The number of fused-ring (bicyclic) bond motifs is 1. The molecule has 1 saturated carbocycles. The van der Waals surface area contributed by atoms with Crippen molar-refractivity contribution < 1.29 is 17.4 Å². The van der Waals surface area contributed by atoms with Gasteiger partial charge in [0.25, 0.3) is 12.0 Å². The number of aromatic nitrogens is 3. The van der Waals surface area contributed by atoms with E-state index in [1.165, 1.54) is 23.0 Å². The Balaban J connectivity index is 1.52. The monoisotopic (exact) mass is 487 g/mol. The van der Waals surface area contributed by atoms with Crippen LogP contribution in [-0.4, -0.2) is 30.2 Å². The van der Waals surface area contributed by atoms with Gasteiger partial charge in [-0.3, -0.25) is 13.6 Å². The minimum atomic E-state index is -2.93. The number of nitrogens with one attached hydrogen (secondary N) is 1. The van der Waals surface area contributed by atoms with Gasteiger partial charge in [0.2, 0.25) is 0 Å². The highest BCUT2D eigenvalue weighted by Crippen LogP contribution is 2.59. The van der Waals surface area contributed by atoms with Crippen molar-refractivity contribution in [2.75, 3.05) is 16.8 Å². The van der Waals surface area contributed by atoms with Crippen LogP contribution in [0.5, 0.6) is 0 Å². The molecule has 1 aromatic carbocycles. The lowest BCUT2D eigenvalue weighted by molar-refractivity contribution is 0.0928. The molecule has 1 aliphatic carbocycles. The molecule has 0 amide bonds. The van der Waals surface area contributed by atoms with Gasteiger partial charge in [-0.1, -0.05) is 18.2 Å². The Kier molecular flexibility index (Phi) is 5.24. The second-order valence-electron chi connectivity index (χ2n) is 9.13. The Labute approximate surface area is 195 Å². The largest absolute Gasteiger partial charge is 0.365 e. The van der Waals surface area contributed by atoms with E-state index in [4.69, 9.17) is 0 Å². The molecule has 11 heteroatoms. The van der Waals surface area contributed by atoms with Crippen LogP contribution in [-0.2, 0) is 29.8 Å². The molecular formula is C23H20F3N5O2S. The van der Waals surface area contributed by atoms with Gasteiger partial charge in [-0.05, 0) is 24.3 Å². The van der Waals surface area contributed by atoms with Crippen LogP contribution in [0.1, 0.15) is 36.0 Å². The van der Waals surface area contributed by atoms with Crippen molar-refractivity contribution in [1.29, 1.82) is 5.26 Å². The van der Waals surface area contributed by atoms with Gasteiger partial charge < -0.3 is 5.32 Å². The second kappa shape index (κ2) is 7.91. The van der Waals surface area contributed by atoms with E-state index in [2.05, 4.69) is 21.4 Å². The molecule has 0 unspecified atom stereocenters. The molecule has 1 saturated heterocycles. The van der Waals surface area contributed by atoms with Gasteiger partial charge in [0.1, 0.15) is 23.6 Å². The maximum absolute atomic E-state index is 14.5. The van der Waals surface area contributed by atoms with Gasteiger partial charge >= 0.3 is 0 Å². The Morgan fingerprint density at radius 1 is 1.29 bits per heavy atom. The molecule has 0 bridgehead atoms. The number of alkyl halides is 2. The van der Waals surface area contributed by atoms with Crippen molar-refractivity contribution in [2.24, 2.45) is 12.5 Å². The zero-order valence-electron chi connectivity index (χ0n) is 18.1. The lowest BCUT2D eigenvalue weighted by atomic mass is 9.52. The third kappa shape index (κ3) is 3.39. The molecule has 3 aromatic rings. The van der Waals surface area contributed by atoms with E-state index in [0.29, 0.717) is 40.9 Å². The van der Waals surface area contributed by atoms with Gasteiger partial charge in [-0.25, -0.2) is 23.1 Å². The number of benzene rings is 1. The highest BCUT2D eigenvalue weighted by atomic mass is 32.2. The number of hydrogen-bond donors (Lipinski definition) is 1. The third-order valence-electron chi connectivity index (χ3n) is 6.81. The molecule has 34 heavy (non-hydrogen) atoms. The first-order valence-corrected chi connectivity index (χ1v) is 12.1. The first-order valence-electron chi connectivity index (χ1n) is 10.6. The lowest BCUT2D eigenvalue weighted by Crippen LogP contribution is -2.61. The van der Waals surface area contributed by atoms with E-state index < -0.39 is 34.0 Å². The van der Waals surface area contributed by atoms with Crippen molar-refractivity contribution in [1.82, 2.24) is 14.5 Å². The van der Waals surface area contributed by atoms with E-state index in [-0.39, 0.29) is 28.9 Å². The molecule has 3 heterocycles. The molecular weight excluding hydrogens is 467 g/mol. The average Bonchev–Trinajstić information content (AvgIpc) is 2.77. The molecule has 2 aromatic heterocycles. The highest BCUT2D eigenvalue weighted by Gasteiger charge is 2.62. The predicted octanol–water partition coefficient (Wildman–Crippen LogP) is 3.32. The van der Waals surface area contributed by atoms with E-state index in [0.717, 1.165) is 6.07 Å². The molecule has 1 spiro atoms. The summed E-state index contributed by atoms with van der Waals surface area (Å²) in [4.78, 5) is 21.5. The molecule has 176 valence electrons. The van der Waals surface area contributed by atoms with E-state index in [9.17, 15) is 27.4 Å². The Bertz CT molecular complexity index is 1430. The van der Waals surface area contributed by atoms with Gasteiger partial charge in [-0.2, -0.15) is 5.26 Å². The van der Waals surface area contributed by atoms with Crippen LogP contribution >= 0.6 is 0 Å². The molecule has 2 fully saturated rings. The zero-order valence-corrected chi connectivity index (χ0v) is 19.0. The zero-order chi connectivity index (χ0) is 24.3. The van der Waals surface area contributed by atoms with E-state index in [1.807, 2.05) is 0 Å². The topological polar surface area (TPSA) is 101 Å². The van der Waals surface area contributed by atoms with Crippen LogP contribution < -0.4 is 10.9 Å². The number of rotatable bonds is 5. The fourth-order valence-electron chi connectivity index (χ4n) is 5.24. The van der Waals surface area contributed by atoms with Crippen molar-refractivity contribution in [2.45, 2.75) is 31.2 Å². The fraction of sp³-hybridized carbons (Fsp3) is 0.391. The Morgan fingerprint density at radius 2 is 2.03 bits per heavy atom. The summed E-state index contributed by atoms with van der Waals surface area (Å²) in [7, 11) is 0.685. The number of nitrogens with zero attached hydrogens (tertiary/aromatic N) is 4. The molecule has 7 nitrogen and oxygen atoms in total. The van der Waals surface area contributed by atoms with Crippen molar-refractivity contribution in [3.63, 3.8) is 0 Å². The summed E-state index contributed by atoms with van der Waals surface area (Å²) in [5, 5.41) is 13.4. The number of anilines is 1. The average molecular weight is 488 g/mol. The van der Waals surface area contributed by atoms with Crippen LogP contribution in [0.15, 0.2) is 35.4 Å². The summed E-state index contributed by atoms with van der Waals surface area (Å²) in [6.07, 6.45) is -0.758. The van der Waals surface area contributed by atoms with Crippen LogP contribution in [0, 0.1) is 22.6 Å². The number of aryl methyl sites for hydroxylation is 1. The van der Waals surface area contributed by atoms with E-state index in [1.54, 1.807) is 13.1 Å². The molecule has 0 radical (unpaired) electrons. The number of halogens is 3. The van der Waals surface area contributed by atoms with Crippen molar-refractivity contribution in [3.05, 3.63) is 63.5 Å². The van der Waals surface area contributed by atoms with Gasteiger partial charge in [0.05, 0.1) is 22.4 Å². The van der Waals surface area contributed by atoms with Crippen molar-refractivity contribution >= 4 is 27.7 Å². The molecule has 5 rings (SSSR count). The van der Waals surface area contributed by atoms with Gasteiger partial charge in [0, 0.05) is 47.0 Å². The normalized spacial score (nSPS) is 25.7. The Hall–Kier alpha value is -3.26. The second-order valence-corrected chi connectivity index (χ2v) is 10.6. The van der Waals surface area contributed by atoms with Crippen LogP contribution in [0.25, 0.3) is 11.0 Å². The molecule has 0 atom stereocenters. The highest BCUT2D eigenvalue weighted by molar-refractivity contribution is 7.86. The summed E-state index contributed by atoms with van der Waals surface area (Å²) in [5.41, 5.74) is -1.48. The summed E-state index contributed by atoms with van der Waals surface area (Å²) < 4.78 is 53.5. The van der Waals surface area contributed by atoms with E-state index >= 15 is 0 Å². The number of pyridine rings is 1. The third-order valence-corrected chi connectivity index (χ3v) is 8.68. The quantitative estimate of drug-likeness (QED) is 0.593. The standard InChI is InChI=1S/C23H20F3N5O2S/c1-31-20-15(5-16(21(31)32)23(9-27)7-22(8-23)10-34(33)11-22)19(29-12-30-20)28-6-13-3-2-4-14(17(13)24)18(25)26/h2-5,12,18H,6-8,10-11H2,1H3,(H,28,29,30). The lowest BCUT2D eigenvalue weighted by Gasteiger charge is -2.57. The summed E-state index contributed by atoms with van der Waals surface area (Å²) in [6.45, 7) is -0.116. The fourth-order valence-corrected chi connectivity index (χ4v) is 6.93. The van der Waals surface area contributed by atoms with Gasteiger partial charge in [-0.15, -0.1) is 0 Å². The summed E-state index contributed by atoms with van der Waals surface area (Å²) in [5.74, 6) is 0.389. The molecule has 2 aliphatic rings. The minimum Gasteiger partial charge on any atom is -0.365 e. The summed E-state index contributed by atoms with van der Waals surface area (Å²) in [6, 6.07) is 7.70. The predicted molar refractivity (Wildman–Crippen MR) is 120 cm³/mol. The first kappa shape index (κ1) is 22.5. The smallest absolute Gasteiger partial charge is 0.266 e. The minimum absolute atomic E-state index is 0.0435. The molecule has 1 aliphatic heterocycles. The number of hydrogen-bond acceptors (Lipinski definition) is 6. The first-order chi connectivity index (χ1) is 16.2. The number of nitriles is 1. The maximum atomic E-state index is 14.5. The van der Waals surface area contributed by atoms with Crippen molar-refractivity contribution in [3.8, 4) is 6.07 Å². The maximum Gasteiger partial charge on any atom is 0.266 e. The van der Waals surface area contributed by atoms with Crippen LogP contribution in [0.2, 0.25) is 0 Å². The Morgan fingerprint density at radius 3 is 2.68 bits per heavy atom. The molecule has 1 N–H and O–H groups in total. The SMILES string of the molecule is Cn1c(=O)c(C2(C#N)CC3(CS(=O)C3)C2)cc2c(NCc3cccc(C(F)F)c3F)ncnc21.